The molecule has 0 spiro atoms. The van der Waals surface area contributed by atoms with Crippen LogP contribution in [0.25, 0.3) is 0 Å². The SMILES string of the molecule is C=C=C(CC)C(C)(C)F.CC. The summed E-state index contributed by atoms with van der Waals surface area (Å²) < 4.78 is 12.9. The molecule has 0 amide bonds. The molecule has 0 aromatic heterocycles. The summed E-state index contributed by atoms with van der Waals surface area (Å²) in [5, 5.41) is 0. The Balaban J connectivity index is 0. The molecule has 0 aliphatic carbocycles. The Morgan fingerprint density at radius 1 is 1.45 bits per heavy atom. The first kappa shape index (κ1) is 13.1. The van der Waals surface area contributed by atoms with Gasteiger partial charge in [-0.2, -0.15) is 0 Å². The summed E-state index contributed by atoms with van der Waals surface area (Å²) in [6, 6.07) is 0. The van der Waals surface area contributed by atoms with Crippen molar-refractivity contribution in [3.05, 3.63) is 17.9 Å². The molecule has 0 rings (SSSR count). The zero-order valence-corrected chi connectivity index (χ0v) is 8.29. The van der Waals surface area contributed by atoms with Gasteiger partial charge in [-0.1, -0.05) is 27.4 Å². The number of alkyl halides is 1. The van der Waals surface area contributed by atoms with E-state index in [9.17, 15) is 4.39 Å². The van der Waals surface area contributed by atoms with Crippen LogP contribution in [-0.4, -0.2) is 5.67 Å². The molecule has 0 unspecified atom stereocenters. The Hall–Kier alpha value is -0.550. The first-order chi connectivity index (χ1) is 5.02. The summed E-state index contributed by atoms with van der Waals surface area (Å²) in [6.07, 6.45) is 0.688. The van der Waals surface area contributed by atoms with E-state index in [0.717, 1.165) is 0 Å². The van der Waals surface area contributed by atoms with Crippen molar-refractivity contribution in [2.45, 2.75) is 46.7 Å². The minimum atomic E-state index is -1.24. The van der Waals surface area contributed by atoms with E-state index in [1.165, 1.54) is 13.8 Å². The first-order valence-corrected chi connectivity index (χ1v) is 4.10. The molecule has 0 bridgehead atoms. The molecule has 66 valence electrons. The Bertz CT molecular complexity index is 133. The zero-order valence-electron chi connectivity index (χ0n) is 8.29. The van der Waals surface area contributed by atoms with Gasteiger partial charge in [0.25, 0.3) is 0 Å². The molecule has 0 aromatic rings. The molecule has 0 aromatic carbocycles. The van der Waals surface area contributed by atoms with Crippen molar-refractivity contribution in [3.8, 4) is 0 Å². The molecular formula is C10H19F. The lowest BCUT2D eigenvalue weighted by Crippen LogP contribution is -2.14. The summed E-state index contributed by atoms with van der Waals surface area (Å²) in [5.41, 5.74) is 1.98. The molecule has 0 N–H and O–H groups in total. The second kappa shape index (κ2) is 6.18. The van der Waals surface area contributed by atoms with Crippen LogP contribution in [0.1, 0.15) is 41.0 Å². The first-order valence-electron chi connectivity index (χ1n) is 4.10. The van der Waals surface area contributed by atoms with Gasteiger partial charge in [0, 0.05) is 5.57 Å². The van der Waals surface area contributed by atoms with Gasteiger partial charge in [-0.15, -0.1) is 5.73 Å². The average Bonchev–Trinajstić information content (AvgIpc) is 1.92. The second-order valence-electron chi connectivity index (χ2n) is 2.48. The van der Waals surface area contributed by atoms with Crippen molar-refractivity contribution >= 4 is 0 Å². The minimum Gasteiger partial charge on any atom is -0.239 e. The molecule has 11 heavy (non-hydrogen) atoms. The van der Waals surface area contributed by atoms with E-state index < -0.39 is 5.67 Å². The average molecular weight is 158 g/mol. The van der Waals surface area contributed by atoms with Gasteiger partial charge in [0.15, 0.2) is 0 Å². The zero-order chi connectivity index (χ0) is 9.49. The molecule has 0 aliphatic rings. The smallest absolute Gasteiger partial charge is 0.133 e. The van der Waals surface area contributed by atoms with E-state index >= 15 is 0 Å². The monoisotopic (exact) mass is 158 g/mol. The van der Waals surface area contributed by atoms with Gasteiger partial charge in [-0.05, 0) is 20.3 Å². The van der Waals surface area contributed by atoms with E-state index in [1.807, 2.05) is 20.8 Å². The molecular weight excluding hydrogens is 139 g/mol. The van der Waals surface area contributed by atoms with E-state index in [-0.39, 0.29) is 0 Å². The quantitative estimate of drug-likeness (QED) is 0.535. The molecule has 0 radical (unpaired) electrons. The van der Waals surface area contributed by atoms with Crippen LogP contribution in [0.2, 0.25) is 0 Å². The van der Waals surface area contributed by atoms with Crippen LogP contribution in [0.3, 0.4) is 0 Å². The highest BCUT2D eigenvalue weighted by Crippen LogP contribution is 2.21. The predicted molar refractivity (Wildman–Crippen MR) is 49.5 cm³/mol. The van der Waals surface area contributed by atoms with Crippen LogP contribution in [0.15, 0.2) is 17.9 Å². The van der Waals surface area contributed by atoms with Crippen molar-refractivity contribution in [2.75, 3.05) is 0 Å². The topological polar surface area (TPSA) is 0 Å². The second-order valence-corrected chi connectivity index (χ2v) is 2.48. The number of hydrogen-bond acceptors (Lipinski definition) is 0. The van der Waals surface area contributed by atoms with Crippen molar-refractivity contribution in [1.82, 2.24) is 0 Å². The molecule has 0 saturated heterocycles. The standard InChI is InChI=1S/C8H13F.C2H6/c1-5-7(6-2)8(3,4)9;1-2/h1,6H2,2-4H3;1-2H3. The van der Waals surface area contributed by atoms with Gasteiger partial charge in [-0.3, -0.25) is 0 Å². The highest BCUT2D eigenvalue weighted by molar-refractivity contribution is 5.10. The third-order valence-electron chi connectivity index (χ3n) is 1.28. The number of hydrogen-bond donors (Lipinski definition) is 0. The van der Waals surface area contributed by atoms with Crippen LogP contribution in [0, 0.1) is 0 Å². The van der Waals surface area contributed by atoms with Crippen LogP contribution in [0.4, 0.5) is 4.39 Å². The van der Waals surface area contributed by atoms with Crippen LogP contribution in [-0.2, 0) is 0 Å². The maximum Gasteiger partial charge on any atom is 0.133 e. The Morgan fingerprint density at radius 2 is 1.82 bits per heavy atom. The number of halogens is 1. The molecule has 0 nitrogen and oxygen atoms in total. The van der Waals surface area contributed by atoms with Gasteiger partial charge >= 0.3 is 0 Å². The summed E-state index contributed by atoms with van der Waals surface area (Å²) in [6.45, 7) is 12.3. The third kappa shape index (κ3) is 5.87. The summed E-state index contributed by atoms with van der Waals surface area (Å²) in [4.78, 5) is 0. The number of rotatable bonds is 2. The normalized spacial score (nSPS) is 9.27. The highest BCUT2D eigenvalue weighted by Gasteiger charge is 2.19. The Kier molecular flexibility index (Phi) is 7.34. The van der Waals surface area contributed by atoms with Gasteiger partial charge in [0.1, 0.15) is 5.67 Å². The van der Waals surface area contributed by atoms with E-state index in [2.05, 4.69) is 12.3 Å². The Morgan fingerprint density at radius 3 is 1.82 bits per heavy atom. The molecule has 0 heterocycles. The van der Waals surface area contributed by atoms with E-state index in [4.69, 9.17) is 0 Å². The minimum absolute atomic E-state index is 0.641. The van der Waals surface area contributed by atoms with Crippen LogP contribution in [0.5, 0.6) is 0 Å². The van der Waals surface area contributed by atoms with Gasteiger partial charge in [-0.25, -0.2) is 4.39 Å². The lowest BCUT2D eigenvalue weighted by atomic mass is 9.99. The maximum atomic E-state index is 12.9. The van der Waals surface area contributed by atoms with Crippen LogP contribution < -0.4 is 0 Å². The van der Waals surface area contributed by atoms with Crippen molar-refractivity contribution in [2.24, 2.45) is 0 Å². The Labute approximate surface area is 69.8 Å². The van der Waals surface area contributed by atoms with Crippen molar-refractivity contribution in [3.63, 3.8) is 0 Å². The molecule has 0 fully saturated rings. The molecule has 1 heteroatoms. The van der Waals surface area contributed by atoms with E-state index in [1.54, 1.807) is 0 Å². The largest absolute Gasteiger partial charge is 0.239 e. The van der Waals surface area contributed by atoms with Gasteiger partial charge < -0.3 is 0 Å². The van der Waals surface area contributed by atoms with Crippen molar-refractivity contribution in [1.29, 1.82) is 0 Å². The lowest BCUT2D eigenvalue weighted by molar-refractivity contribution is 0.263. The third-order valence-corrected chi connectivity index (χ3v) is 1.28. The van der Waals surface area contributed by atoms with Gasteiger partial charge in [0.2, 0.25) is 0 Å². The fourth-order valence-corrected chi connectivity index (χ4v) is 0.756. The molecule has 0 aliphatic heterocycles. The summed E-state index contributed by atoms with van der Waals surface area (Å²) in [5.74, 6) is 0. The fourth-order valence-electron chi connectivity index (χ4n) is 0.756. The fraction of sp³-hybridized carbons (Fsp3) is 0.700. The van der Waals surface area contributed by atoms with Crippen molar-refractivity contribution < 1.29 is 4.39 Å². The maximum absolute atomic E-state index is 12.9. The van der Waals surface area contributed by atoms with Crippen LogP contribution >= 0.6 is 0 Å². The summed E-state index contributed by atoms with van der Waals surface area (Å²) in [7, 11) is 0. The summed E-state index contributed by atoms with van der Waals surface area (Å²) >= 11 is 0. The number of allylic oxidation sites excluding steroid dienone is 1. The lowest BCUT2D eigenvalue weighted by Gasteiger charge is -2.14. The van der Waals surface area contributed by atoms with E-state index in [0.29, 0.717) is 12.0 Å². The molecule has 0 atom stereocenters. The predicted octanol–water partition coefficient (Wildman–Crippen LogP) is 3.88. The molecule has 0 saturated carbocycles. The highest BCUT2D eigenvalue weighted by atomic mass is 19.1. The van der Waals surface area contributed by atoms with Gasteiger partial charge in [0.05, 0.1) is 0 Å².